The van der Waals surface area contributed by atoms with Gasteiger partial charge in [-0.05, 0) is 18.1 Å². The first-order valence-electron chi connectivity index (χ1n) is 5.66. The lowest BCUT2D eigenvalue weighted by atomic mass is 10.0. The van der Waals surface area contributed by atoms with Crippen LogP contribution < -0.4 is 0 Å². The van der Waals surface area contributed by atoms with Gasteiger partial charge in [0, 0.05) is 5.56 Å². The van der Waals surface area contributed by atoms with Gasteiger partial charge in [-0.25, -0.2) is 0 Å². The van der Waals surface area contributed by atoms with Crippen LogP contribution in [-0.2, 0) is 4.79 Å². The molecule has 0 spiro atoms. The number of carbonyl (C=O) groups excluding carboxylic acids is 2. The molecule has 1 rings (SSSR count). The SMILES string of the molecule is C=C/C=C(\C=C)c1ccc(C(=O)CC(C)=O)cc1. The molecule has 0 aliphatic heterocycles. The predicted molar refractivity (Wildman–Crippen MR) is 74.4 cm³/mol. The van der Waals surface area contributed by atoms with Gasteiger partial charge < -0.3 is 0 Å². The predicted octanol–water partition coefficient (Wildman–Crippen LogP) is 3.60. The van der Waals surface area contributed by atoms with E-state index >= 15 is 0 Å². The summed E-state index contributed by atoms with van der Waals surface area (Å²) in [5.74, 6) is -0.274. The number of benzene rings is 1. The summed E-state index contributed by atoms with van der Waals surface area (Å²) in [5, 5.41) is 0. The summed E-state index contributed by atoms with van der Waals surface area (Å²) in [6, 6.07) is 7.12. The van der Waals surface area contributed by atoms with E-state index in [9.17, 15) is 9.59 Å². The van der Waals surface area contributed by atoms with Crippen molar-refractivity contribution in [2.75, 3.05) is 0 Å². The van der Waals surface area contributed by atoms with E-state index in [1.807, 2.05) is 18.2 Å². The molecule has 0 aromatic heterocycles. The topological polar surface area (TPSA) is 34.1 Å². The summed E-state index contributed by atoms with van der Waals surface area (Å²) in [5.41, 5.74) is 2.45. The summed E-state index contributed by atoms with van der Waals surface area (Å²) >= 11 is 0. The van der Waals surface area contributed by atoms with Crippen molar-refractivity contribution in [3.8, 4) is 0 Å². The van der Waals surface area contributed by atoms with Gasteiger partial charge in [0.1, 0.15) is 5.78 Å². The summed E-state index contributed by atoms with van der Waals surface area (Å²) in [6.45, 7) is 8.77. The fourth-order valence-electron chi connectivity index (χ4n) is 1.59. The average Bonchev–Trinajstić information content (AvgIpc) is 2.35. The third kappa shape index (κ3) is 3.67. The van der Waals surface area contributed by atoms with Gasteiger partial charge in [-0.2, -0.15) is 0 Å². The molecule has 92 valence electrons. The second-order valence-electron chi connectivity index (χ2n) is 3.94. The Balaban J connectivity index is 2.95. The maximum absolute atomic E-state index is 11.7. The minimum Gasteiger partial charge on any atom is -0.300 e. The van der Waals surface area contributed by atoms with Crippen LogP contribution in [0.1, 0.15) is 29.3 Å². The first-order chi connectivity index (χ1) is 8.58. The van der Waals surface area contributed by atoms with Crippen molar-refractivity contribution in [3.63, 3.8) is 0 Å². The Morgan fingerprint density at radius 1 is 1.11 bits per heavy atom. The smallest absolute Gasteiger partial charge is 0.170 e. The number of ketones is 2. The maximum atomic E-state index is 11.7. The lowest BCUT2D eigenvalue weighted by molar-refractivity contribution is -0.116. The van der Waals surface area contributed by atoms with Crippen LogP contribution in [-0.4, -0.2) is 11.6 Å². The van der Waals surface area contributed by atoms with Crippen LogP contribution in [0.4, 0.5) is 0 Å². The van der Waals surface area contributed by atoms with Crippen molar-refractivity contribution in [1.29, 1.82) is 0 Å². The Kier molecular flexibility index (Phi) is 5.00. The Labute approximate surface area is 107 Å². The Morgan fingerprint density at radius 3 is 2.11 bits per heavy atom. The molecule has 18 heavy (non-hydrogen) atoms. The molecule has 1 aromatic carbocycles. The van der Waals surface area contributed by atoms with E-state index in [0.717, 1.165) is 11.1 Å². The van der Waals surface area contributed by atoms with Gasteiger partial charge in [-0.3, -0.25) is 9.59 Å². The summed E-state index contributed by atoms with van der Waals surface area (Å²) in [6.07, 6.45) is 5.22. The van der Waals surface area contributed by atoms with Crippen LogP contribution in [0.2, 0.25) is 0 Å². The number of rotatable bonds is 6. The molecule has 0 saturated carbocycles. The third-order valence-electron chi connectivity index (χ3n) is 2.47. The average molecular weight is 240 g/mol. The number of Topliss-reactive ketones (excluding diaryl/α,β-unsaturated/α-hetero) is 2. The van der Waals surface area contributed by atoms with E-state index in [4.69, 9.17) is 0 Å². The Morgan fingerprint density at radius 2 is 1.67 bits per heavy atom. The molecular weight excluding hydrogens is 224 g/mol. The van der Waals surface area contributed by atoms with Gasteiger partial charge in [-0.1, -0.05) is 55.7 Å². The Hall–Kier alpha value is -2.22. The zero-order valence-electron chi connectivity index (χ0n) is 10.5. The van der Waals surface area contributed by atoms with Crippen LogP contribution in [0.25, 0.3) is 5.57 Å². The molecule has 0 N–H and O–H groups in total. The minimum absolute atomic E-state index is 0.0455. The number of allylic oxidation sites excluding steroid dienone is 4. The maximum Gasteiger partial charge on any atom is 0.170 e. The largest absolute Gasteiger partial charge is 0.300 e. The molecule has 0 atom stereocenters. The van der Waals surface area contributed by atoms with Crippen molar-refractivity contribution in [1.82, 2.24) is 0 Å². The van der Waals surface area contributed by atoms with E-state index in [2.05, 4.69) is 13.2 Å². The van der Waals surface area contributed by atoms with Crippen molar-refractivity contribution in [3.05, 3.63) is 66.8 Å². The Bertz CT molecular complexity index is 504. The van der Waals surface area contributed by atoms with E-state index in [1.54, 1.807) is 24.3 Å². The molecule has 0 heterocycles. The van der Waals surface area contributed by atoms with E-state index in [0.29, 0.717) is 5.56 Å². The quantitative estimate of drug-likeness (QED) is 0.432. The standard InChI is InChI=1S/C16H16O2/c1-4-6-13(5-2)14-7-9-15(10-8-14)16(18)11-12(3)17/h4-10H,1-2,11H2,3H3/b13-6+. The molecule has 1 aromatic rings. The summed E-state index contributed by atoms with van der Waals surface area (Å²) in [7, 11) is 0. The van der Waals surface area contributed by atoms with Gasteiger partial charge in [0.25, 0.3) is 0 Å². The van der Waals surface area contributed by atoms with Crippen molar-refractivity contribution >= 4 is 17.1 Å². The van der Waals surface area contributed by atoms with Gasteiger partial charge >= 0.3 is 0 Å². The molecule has 0 aliphatic carbocycles. The van der Waals surface area contributed by atoms with Gasteiger partial charge in [0.05, 0.1) is 6.42 Å². The van der Waals surface area contributed by atoms with Gasteiger partial charge in [0.15, 0.2) is 5.78 Å². The second-order valence-corrected chi connectivity index (χ2v) is 3.94. The van der Waals surface area contributed by atoms with E-state index in [1.165, 1.54) is 6.92 Å². The number of hydrogen-bond acceptors (Lipinski definition) is 2. The molecular formula is C16H16O2. The highest BCUT2D eigenvalue weighted by atomic mass is 16.1. The molecule has 0 amide bonds. The molecule has 0 radical (unpaired) electrons. The normalized spacial score (nSPS) is 10.8. The summed E-state index contributed by atoms with van der Waals surface area (Å²) in [4.78, 5) is 22.5. The van der Waals surface area contributed by atoms with Crippen molar-refractivity contribution in [2.45, 2.75) is 13.3 Å². The number of carbonyl (C=O) groups is 2. The van der Waals surface area contributed by atoms with Crippen LogP contribution in [0, 0.1) is 0 Å². The lowest BCUT2D eigenvalue weighted by Gasteiger charge is -2.03. The molecule has 2 nitrogen and oxygen atoms in total. The number of hydrogen-bond donors (Lipinski definition) is 0. The first-order valence-corrected chi connectivity index (χ1v) is 5.66. The van der Waals surface area contributed by atoms with Crippen molar-refractivity contribution < 1.29 is 9.59 Å². The van der Waals surface area contributed by atoms with Crippen LogP contribution in [0.15, 0.2) is 55.7 Å². The second kappa shape index (κ2) is 6.50. The van der Waals surface area contributed by atoms with Gasteiger partial charge in [0.2, 0.25) is 0 Å². The monoisotopic (exact) mass is 240 g/mol. The fraction of sp³-hybridized carbons (Fsp3) is 0.125. The zero-order chi connectivity index (χ0) is 13.5. The molecule has 2 heteroatoms. The molecule has 0 fully saturated rings. The minimum atomic E-state index is -0.151. The third-order valence-corrected chi connectivity index (χ3v) is 2.47. The molecule has 0 saturated heterocycles. The van der Waals surface area contributed by atoms with E-state index in [-0.39, 0.29) is 18.0 Å². The van der Waals surface area contributed by atoms with E-state index < -0.39 is 0 Å². The van der Waals surface area contributed by atoms with Crippen LogP contribution in [0.3, 0.4) is 0 Å². The summed E-state index contributed by atoms with van der Waals surface area (Å²) < 4.78 is 0. The first kappa shape index (κ1) is 13.8. The van der Waals surface area contributed by atoms with Crippen molar-refractivity contribution in [2.24, 2.45) is 0 Å². The molecule has 0 bridgehead atoms. The lowest BCUT2D eigenvalue weighted by Crippen LogP contribution is -2.04. The highest BCUT2D eigenvalue weighted by Crippen LogP contribution is 2.17. The zero-order valence-corrected chi connectivity index (χ0v) is 10.5. The van der Waals surface area contributed by atoms with Gasteiger partial charge in [-0.15, -0.1) is 0 Å². The highest BCUT2D eigenvalue weighted by Gasteiger charge is 2.08. The van der Waals surface area contributed by atoms with Crippen LogP contribution in [0.5, 0.6) is 0 Å². The fourth-order valence-corrected chi connectivity index (χ4v) is 1.59. The molecule has 0 unspecified atom stereocenters. The molecule has 0 aliphatic rings. The highest BCUT2D eigenvalue weighted by molar-refractivity contribution is 6.07. The van der Waals surface area contributed by atoms with Crippen LogP contribution >= 0.6 is 0 Å².